The van der Waals surface area contributed by atoms with E-state index in [1.807, 2.05) is 23.1 Å². The van der Waals surface area contributed by atoms with Crippen LogP contribution in [0.4, 0.5) is 0 Å². The van der Waals surface area contributed by atoms with Gasteiger partial charge in [0.2, 0.25) is 0 Å². The van der Waals surface area contributed by atoms with Crippen LogP contribution in [0.5, 0.6) is 0 Å². The monoisotopic (exact) mass is 364 g/mol. The van der Waals surface area contributed by atoms with Crippen molar-refractivity contribution in [1.82, 2.24) is 4.90 Å². The molecule has 1 saturated heterocycles. The third-order valence-electron chi connectivity index (χ3n) is 5.02. The molecule has 2 unspecified atom stereocenters. The molecule has 2 heterocycles. The van der Waals surface area contributed by atoms with Gasteiger partial charge in [-0.2, -0.15) is 0 Å². The van der Waals surface area contributed by atoms with Gasteiger partial charge in [-0.15, -0.1) is 0 Å². The molecule has 126 valence electrons. The smallest absolute Gasteiger partial charge is 0.290 e. The van der Waals surface area contributed by atoms with Gasteiger partial charge in [0.1, 0.15) is 5.92 Å². The molecule has 5 nitrogen and oxygen atoms in total. The summed E-state index contributed by atoms with van der Waals surface area (Å²) in [5.41, 5.74) is 3.03. The van der Waals surface area contributed by atoms with E-state index in [1.54, 1.807) is 6.07 Å². The first-order valence-corrected chi connectivity index (χ1v) is 9.80. The van der Waals surface area contributed by atoms with Crippen LogP contribution in [0.3, 0.4) is 0 Å². The normalized spacial score (nSPS) is 26.5. The van der Waals surface area contributed by atoms with Crippen molar-refractivity contribution >= 4 is 22.4 Å². The summed E-state index contributed by atoms with van der Waals surface area (Å²) in [5.74, 6) is -0.0316. The van der Waals surface area contributed by atoms with E-state index in [0.29, 0.717) is 22.3 Å². The Morgan fingerprint density at radius 1 is 1.25 bits per heavy atom. The Hall–Kier alpha value is -1.66. The van der Waals surface area contributed by atoms with Gasteiger partial charge in [0.05, 0.1) is 15.7 Å². The second kappa shape index (κ2) is 6.01. The Morgan fingerprint density at radius 3 is 2.75 bits per heavy atom. The molecule has 0 bridgehead atoms. The Morgan fingerprint density at radius 2 is 2.00 bits per heavy atom. The molecule has 0 aromatic heterocycles. The first-order valence-electron chi connectivity index (χ1n) is 8.10. The number of nitrogens with zero attached hydrogens (tertiary/aromatic N) is 2. The lowest BCUT2D eigenvalue weighted by atomic mass is 9.79. The average Bonchev–Trinajstić information content (AvgIpc) is 2.96. The van der Waals surface area contributed by atoms with Gasteiger partial charge in [-0.05, 0) is 42.9 Å². The third-order valence-corrected chi connectivity index (χ3v) is 6.78. The summed E-state index contributed by atoms with van der Waals surface area (Å²) in [6, 6.07) is 7.29. The van der Waals surface area contributed by atoms with Gasteiger partial charge in [-0.1, -0.05) is 29.8 Å². The van der Waals surface area contributed by atoms with E-state index in [2.05, 4.69) is 0 Å². The molecule has 1 fully saturated rings. The predicted molar refractivity (Wildman–Crippen MR) is 93.4 cm³/mol. The van der Waals surface area contributed by atoms with Gasteiger partial charge in [-0.3, -0.25) is 14.3 Å². The molecule has 1 aromatic rings. The molecule has 0 radical (unpaired) electrons. The van der Waals surface area contributed by atoms with Crippen LogP contribution >= 0.6 is 11.6 Å². The molecule has 0 N–H and O–H groups in total. The lowest BCUT2D eigenvalue weighted by Gasteiger charge is -2.36. The van der Waals surface area contributed by atoms with E-state index >= 15 is 0 Å². The first kappa shape index (κ1) is 15.8. The lowest BCUT2D eigenvalue weighted by Crippen LogP contribution is -2.32. The van der Waals surface area contributed by atoms with Crippen LogP contribution in [-0.2, 0) is 10.8 Å². The molecule has 4 rings (SSSR count). The van der Waals surface area contributed by atoms with Crippen LogP contribution < -0.4 is 0 Å². The summed E-state index contributed by atoms with van der Waals surface area (Å²) in [5, 5.41) is 12.9. The summed E-state index contributed by atoms with van der Waals surface area (Å²) in [4.78, 5) is 13.5. The van der Waals surface area contributed by atoms with Crippen molar-refractivity contribution in [2.24, 2.45) is 0 Å². The van der Waals surface area contributed by atoms with Crippen molar-refractivity contribution in [3.63, 3.8) is 0 Å². The molecule has 2 aliphatic heterocycles. The molecule has 0 amide bonds. The second-order valence-electron chi connectivity index (χ2n) is 6.28. The minimum absolute atomic E-state index is 0.0552. The molecule has 1 aromatic carbocycles. The number of rotatable bonds is 2. The van der Waals surface area contributed by atoms with Gasteiger partial charge in [0.25, 0.3) is 5.70 Å². The zero-order valence-corrected chi connectivity index (χ0v) is 14.6. The van der Waals surface area contributed by atoms with Crippen molar-refractivity contribution in [2.45, 2.75) is 31.6 Å². The number of allylic oxidation sites excluding steroid dienone is 2. The second-order valence-corrected chi connectivity index (χ2v) is 8.18. The topological polar surface area (TPSA) is 63.5 Å². The largest absolute Gasteiger partial charge is 0.332 e. The highest BCUT2D eigenvalue weighted by Crippen LogP contribution is 2.50. The maximum Gasteiger partial charge on any atom is 0.290 e. The number of hydrogen-bond donors (Lipinski definition) is 0. The van der Waals surface area contributed by atoms with E-state index in [1.165, 1.54) is 0 Å². The fourth-order valence-electron chi connectivity index (χ4n) is 4.06. The molecule has 1 aliphatic carbocycles. The number of hydrogen-bond acceptors (Lipinski definition) is 4. The summed E-state index contributed by atoms with van der Waals surface area (Å²) in [7, 11) is -1.32. The van der Waals surface area contributed by atoms with Crippen molar-refractivity contribution in [1.29, 1.82) is 0 Å². The van der Waals surface area contributed by atoms with Crippen LogP contribution in [-0.4, -0.2) is 26.3 Å². The van der Waals surface area contributed by atoms with Gasteiger partial charge in [-0.25, -0.2) is 0 Å². The van der Waals surface area contributed by atoms with Crippen molar-refractivity contribution < 1.29 is 9.13 Å². The molecular formula is C17H17ClN2O3S. The average molecular weight is 365 g/mol. The van der Waals surface area contributed by atoms with Crippen LogP contribution in [0, 0.1) is 10.1 Å². The van der Waals surface area contributed by atoms with Gasteiger partial charge < -0.3 is 4.90 Å². The predicted octanol–water partition coefficient (Wildman–Crippen LogP) is 3.78. The molecule has 3 aliphatic rings. The van der Waals surface area contributed by atoms with Crippen LogP contribution in [0.1, 0.15) is 37.2 Å². The standard InChI is InChI=1S/C17H17ClN2O3S/c18-13-7-3-1-5-11(13)15-12-6-2-4-8-14(12)19-9-10-24(23)17(19)16(15)20(21)22/h1,3,5,7,15H,2,4,6,8-10H2. The van der Waals surface area contributed by atoms with Gasteiger partial charge >= 0.3 is 0 Å². The van der Waals surface area contributed by atoms with Gasteiger partial charge in [0, 0.05) is 23.0 Å². The number of nitro groups is 1. The lowest BCUT2D eigenvalue weighted by molar-refractivity contribution is -0.431. The highest BCUT2D eigenvalue weighted by Gasteiger charge is 2.47. The van der Waals surface area contributed by atoms with E-state index < -0.39 is 16.7 Å². The quantitative estimate of drug-likeness (QED) is 0.591. The number of benzene rings is 1. The Kier molecular flexibility index (Phi) is 3.96. The Bertz CT molecular complexity index is 818. The summed E-state index contributed by atoms with van der Waals surface area (Å²) in [6.07, 6.45) is 3.82. The maximum absolute atomic E-state index is 12.5. The minimum atomic E-state index is -1.32. The summed E-state index contributed by atoms with van der Waals surface area (Å²) in [6.45, 7) is 0.605. The zero-order chi connectivity index (χ0) is 16.8. The Balaban J connectivity index is 1.99. The van der Waals surface area contributed by atoms with Crippen molar-refractivity contribution in [2.75, 3.05) is 12.3 Å². The molecular weight excluding hydrogens is 348 g/mol. The van der Waals surface area contributed by atoms with Crippen LogP contribution in [0.25, 0.3) is 0 Å². The zero-order valence-electron chi connectivity index (χ0n) is 13.0. The Labute approximate surface area is 147 Å². The van der Waals surface area contributed by atoms with Crippen molar-refractivity contribution in [3.05, 3.63) is 67.0 Å². The highest BCUT2D eigenvalue weighted by atomic mass is 35.5. The minimum Gasteiger partial charge on any atom is -0.332 e. The van der Waals surface area contributed by atoms with E-state index in [-0.39, 0.29) is 10.6 Å². The summed E-state index contributed by atoms with van der Waals surface area (Å²) < 4.78 is 12.5. The number of fused-ring (bicyclic) bond motifs is 2. The van der Waals surface area contributed by atoms with E-state index in [0.717, 1.165) is 42.5 Å². The van der Waals surface area contributed by atoms with E-state index in [4.69, 9.17) is 11.6 Å². The number of halogens is 1. The van der Waals surface area contributed by atoms with Crippen molar-refractivity contribution in [3.8, 4) is 0 Å². The summed E-state index contributed by atoms with van der Waals surface area (Å²) >= 11 is 6.38. The van der Waals surface area contributed by atoms with Crippen LogP contribution in [0.2, 0.25) is 5.02 Å². The highest BCUT2D eigenvalue weighted by molar-refractivity contribution is 7.89. The maximum atomic E-state index is 12.5. The van der Waals surface area contributed by atoms with E-state index in [9.17, 15) is 14.3 Å². The fraction of sp³-hybridized carbons (Fsp3) is 0.412. The van der Waals surface area contributed by atoms with Gasteiger partial charge in [0.15, 0.2) is 5.03 Å². The fourth-order valence-corrected chi connectivity index (χ4v) is 5.72. The molecule has 7 heteroatoms. The molecule has 24 heavy (non-hydrogen) atoms. The SMILES string of the molecule is O=[N+]([O-])C1=C2N(CCS2=O)C2=C(CCCC2)C1c1ccccc1Cl. The van der Waals surface area contributed by atoms with Crippen LogP contribution in [0.15, 0.2) is 46.3 Å². The third kappa shape index (κ3) is 2.31. The molecule has 0 saturated carbocycles. The molecule has 2 atom stereocenters. The molecule has 0 spiro atoms. The first-order chi connectivity index (χ1) is 11.6.